The van der Waals surface area contributed by atoms with E-state index in [1.807, 2.05) is 22.9 Å². The van der Waals surface area contributed by atoms with Crippen LogP contribution in [0.1, 0.15) is 37.2 Å². The number of ether oxygens (including phenoxy) is 1. The van der Waals surface area contributed by atoms with Gasteiger partial charge in [0.1, 0.15) is 0 Å². The monoisotopic (exact) mass is 352 g/mol. The van der Waals surface area contributed by atoms with Gasteiger partial charge in [0.25, 0.3) is 0 Å². The quantitative estimate of drug-likeness (QED) is 0.619. The second-order valence-corrected chi connectivity index (χ2v) is 6.01. The van der Waals surface area contributed by atoms with Crippen molar-refractivity contribution in [3.63, 3.8) is 0 Å². The van der Waals surface area contributed by atoms with Gasteiger partial charge < -0.3 is 4.74 Å². The molecule has 3 N–H and O–H groups in total. The van der Waals surface area contributed by atoms with Crippen molar-refractivity contribution in [2.75, 3.05) is 7.11 Å². The second kappa shape index (κ2) is 7.06. The molecule has 0 aliphatic carbocycles. The molecule has 0 saturated carbocycles. The van der Waals surface area contributed by atoms with Crippen molar-refractivity contribution in [3.05, 3.63) is 46.2 Å². The van der Waals surface area contributed by atoms with Crippen molar-refractivity contribution < 1.29 is 4.74 Å². The first-order valence-corrected chi connectivity index (χ1v) is 7.68. The molecule has 1 aromatic heterocycles. The van der Waals surface area contributed by atoms with Gasteiger partial charge in [0.05, 0.1) is 25.0 Å². The molecule has 0 aliphatic rings. The lowest BCUT2D eigenvalue weighted by Crippen LogP contribution is -2.32. The normalized spacial score (nSPS) is 12.7. The lowest BCUT2D eigenvalue weighted by Gasteiger charge is -2.21. The van der Waals surface area contributed by atoms with Gasteiger partial charge in [-0.2, -0.15) is 5.10 Å². The zero-order chi connectivity index (χ0) is 15.4. The van der Waals surface area contributed by atoms with Gasteiger partial charge in [0, 0.05) is 10.5 Å². The highest BCUT2D eigenvalue weighted by Crippen LogP contribution is 2.30. The van der Waals surface area contributed by atoms with Crippen LogP contribution in [0.4, 0.5) is 0 Å². The molecule has 0 spiro atoms. The van der Waals surface area contributed by atoms with E-state index in [2.05, 4.69) is 46.4 Å². The van der Waals surface area contributed by atoms with E-state index in [1.54, 1.807) is 13.3 Å². The van der Waals surface area contributed by atoms with Crippen molar-refractivity contribution >= 4 is 15.9 Å². The molecule has 114 valence electrons. The lowest BCUT2D eigenvalue weighted by molar-refractivity contribution is 0.384. The first-order valence-electron chi connectivity index (χ1n) is 6.89. The summed E-state index contributed by atoms with van der Waals surface area (Å²) >= 11 is 3.58. The van der Waals surface area contributed by atoms with E-state index in [1.165, 1.54) is 5.56 Å². The van der Waals surface area contributed by atoms with Crippen molar-refractivity contribution in [1.82, 2.24) is 15.2 Å². The summed E-state index contributed by atoms with van der Waals surface area (Å²) in [6, 6.07) is 8.28. The molecule has 0 saturated heterocycles. The highest BCUT2D eigenvalue weighted by molar-refractivity contribution is 9.10. The number of nitrogens with one attached hydrogen (secondary N) is 1. The molecule has 5 nitrogen and oxygen atoms in total. The van der Waals surface area contributed by atoms with Crippen LogP contribution in [-0.2, 0) is 6.42 Å². The lowest BCUT2D eigenvalue weighted by atomic mass is 10.0. The number of benzene rings is 1. The Morgan fingerprint density at radius 3 is 2.67 bits per heavy atom. The van der Waals surface area contributed by atoms with E-state index in [-0.39, 0.29) is 12.1 Å². The van der Waals surface area contributed by atoms with Gasteiger partial charge in [0.2, 0.25) is 0 Å². The third-order valence-corrected chi connectivity index (χ3v) is 4.19. The molecule has 1 aromatic carbocycles. The molecule has 21 heavy (non-hydrogen) atoms. The minimum atomic E-state index is -0.0800. The van der Waals surface area contributed by atoms with Crippen LogP contribution in [0.3, 0.4) is 0 Å². The smallest absolute Gasteiger partial charge is 0.161 e. The Balaban J connectivity index is 2.37. The van der Waals surface area contributed by atoms with Gasteiger partial charge in [-0.1, -0.05) is 34.1 Å². The zero-order valence-electron chi connectivity index (χ0n) is 12.5. The van der Waals surface area contributed by atoms with Gasteiger partial charge in [-0.05, 0) is 31.9 Å². The summed E-state index contributed by atoms with van der Waals surface area (Å²) in [5, 5.41) is 4.40. The topological polar surface area (TPSA) is 65.1 Å². The Kier molecular flexibility index (Phi) is 5.39. The van der Waals surface area contributed by atoms with Gasteiger partial charge in [0.15, 0.2) is 5.75 Å². The molecule has 1 atom stereocenters. The summed E-state index contributed by atoms with van der Waals surface area (Å²) in [6.45, 7) is 4.17. The Hall–Kier alpha value is -1.37. The number of rotatable bonds is 6. The number of hydrogen-bond acceptors (Lipinski definition) is 4. The van der Waals surface area contributed by atoms with E-state index in [9.17, 15) is 0 Å². The van der Waals surface area contributed by atoms with Crippen LogP contribution in [0.15, 0.2) is 34.9 Å². The molecule has 0 bridgehead atoms. The molecule has 2 rings (SSSR count). The third kappa shape index (κ3) is 3.45. The molecule has 2 aromatic rings. The molecule has 0 radical (unpaired) electrons. The summed E-state index contributed by atoms with van der Waals surface area (Å²) < 4.78 is 8.45. The summed E-state index contributed by atoms with van der Waals surface area (Å²) in [7, 11) is 1.65. The fraction of sp³-hybridized carbons (Fsp3) is 0.400. The van der Waals surface area contributed by atoms with Crippen molar-refractivity contribution in [3.8, 4) is 5.75 Å². The maximum atomic E-state index is 5.79. The van der Waals surface area contributed by atoms with E-state index in [4.69, 9.17) is 10.6 Å². The van der Waals surface area contributed by atoms with E-state index < -0.39 is 0 Å². The Bertz CT molecular complexity index is 597. The number of aromatic nitrogens is 2. The van der Waals surface area contributed by atoms with Crippen molar-refractivity contribution in [2.45, 2.75) is 32.4 Å². The van der Waals surface area contributed by atoms with Gasteiger partial charge in [-0.3, -0.25) is 16.0 Å². The SMILES string of the molecule is COc1cnn(C(C)C)c1C(Cc1ccccc1Br)NN. The van der Waals surface area contributed by atoms with E-state index in [0.717, 1.165) is 22.3 Å². The van der Waals surface area contributed by atoms with Gasteiger partial charge in [-0.25, -0.2) is 0 Å². The maximum Gasteiger partial charge on any atom is 0.161 e. The zero-order valence-corrected chi connectivity index (χ0v) is 14.1. The van der Waals surface area contributed by atoms with Crippen LogP contribution in [0.25, 0.3) is 0 Å². The summed E-state index contributed by atoms with van der Waals surface area (Å²) in [6.07, 6.45) is 2.48. The molecular weight excluding hydrogens is 332 g/mol. The fourth-order valence-electron chi connectivity index (χ4n) is 2.37. The molecule has 0 aliphatic heterocycles. The first kappa shape index (κ1) is 16.0. The van der Waals surface area contributed by atoms with E-state index >= 15 is 0 Å². The summed E-state index contributed by atoms with van der Waals surface area (Å²) in [5.41, 5.74) is 5.03. The van der Waals surface area contributed by atoms with Crippen LogP contribution in [0.2, 0.25) is 0 Å². The van der Waals surface area contributed by atoms with Crippen molar-refractivity contribution in [1.29, 1.82) is 0 Å². The highest BCUT2D eigenvalue weighted by atomic mass is 79.9. The Morgan fingerprint density at radius 1 is 1.38 bits per heavy atom. The van der Waals surface area contributed by atoms with Gasteiger partial charge in [-0.15, -0.1) is 0 Å². The molecular formula is C15H21BrN4O. The number of nitrogens with zero attached hydrogens (tertiary/aromatic N) is 2. The fourth-order valence-corrected chi connectivity index (χ4v) is 2.82. The Labute approximate surface area is 133 Å². The second-order valence-electron chi connectivity index (χ2n) is 5.15. The highest BCUT2D eigenvalue weighted by Gasteiger charge is 2.23. The van der Waals surface area contributed by atoms with E-state index in [0.29, 0.717) is 0 Å². The molecule has 6 heteroatoms. The average molecular weight is 353 g/mol. The minimum Gasteiger partial charge on any atom is -0.493 e. The summed E-state index contributed by atoms with van der Waals surface area (Å²) in [4.78, 5) is 0. The van der Waals surface area contributed by atoms with Crippen LogP contribution in [0.5, 0.6) is 5.75 Å². The van der Waals surface area contributed by atoms with Crippen LogP contribution >= 0.6 is 15.9 Å². The number of hydrogen-bond donors (Lipinski definition) is 2. The number of hydrazine groups is 1. The molecule has 1 unspecified atom stereocenters. The van der Waals surface area contributed by atoms with Gasteiger partial charge >= 0.3 is 0 Å². The predicted molar refractivity (Wildman–Crippen MR) is 87.1 cm³/mol. The maximum absolute atomic E-state index is 5.79. The van der Waals surface area contributed by atoms with Crippen LogP contribution < -0.4 is 16.0 Å². The van der Waals surface area contributed by atoms with Crippen LogP contribution in [0, 0.1) is 0 Å². The minimum absolute atomic E-state index is 0.0800. The molecule has 0 fully saturated rings. The Morgan fingerprint density at radius 2 is 2.10 bits per heavy atom. The van der Waals surface area contributed by atoms with Crippen molar-refractivity contribution in [2.24, 2.45) is 5.84 Å². The molecule has 0 amide bonds. The average Bonchev–Trinajstić information content (AvgIpc) is 2.90. The van der Waals surface area contributed by atoms with Crippen LogP contribution in [-0.4, -0.2) is 16.9 Å². The number of nitrogens with two attached hydrogens (primary N) is 1. The molecule has 1 heterocycles. The standard InChI is InChI=1S/C15H21BrN4O/c1-10(2)20-15(14(21-3)9-18-20)13(19-17)8-11-6-4-5-7-12(11)16/h4-7,9-10,13,19H,8,17H2,1-3H3. The number of halogens is 1. The first-order chi connectivity index (χ1) is 10.1. The summed E-state index contributed by atoms with van der Waals surface area (Å²) in [5.74, 6) is 6.54. The number of methoxy groups -OCH3 is 1. The predicted octanol–water partition coefficient (Wildman–Crippen LogP) is 2.98. The largest absolute Gasteiger partial charge is 0.493 e. The third-order valence-electron chi connectivity index (χ3n) is 3.42.